The van der Waals surface area contributed by atoms with Gasteiger partial charge in [-0.15, -0.1) is 0 Å². The minimum absolute atomic E-state index is 0.0350. The zero-order valence-electron chi connectivity index (χ0n) is 18.5. The summed E-state index contributed by atoms with van der Waals surface area (Å²) in [5, 5.41) is 6.44. The maximum atomic E-state index is 13.7. The molecule has 2 aromatic carbocycles. The molecule has 4 atom stereocenters. The maximum absolute atomic E-state index is 13.7. The van der Waals surface area contributed by atoms with Crippen LogP contribution < -0.4 is 10.6 Å². The van der Waals surface area contributed by atoms with Crippen LogP contribution in [0.1, 0.15) is 36.1 Å². The van der Waals surface area contributed by atoms with Gasteiger partial charge in [0.15, 0.2) is 0 Å². The number of nitrogens with one attached hydrogen (secondary N) is 2. The van der Waals surface area contributed by atoms with Gasteiger partial charge in [0.05, 0.1) is 18.4 Å². The lowest BCUT2D eigenvalue weighted by Crippen LogP contribution is -2.53. The molecule has 2 N–H and O–H groups in total. The highest BCUT2D eigenvalue weighted by molar-refractivity contribution is 6.15. The quantitative estimate of drug-likeness (QED) is 0.727. The number of anilines is 1. The van der Waals surface area contributed by atoms with Crippen LogP contribution in [0.5, 0.6) is 0 Å². The summed E-state index contributed by atoms with van der Waals surface area (Å²) in [5.74, 6) is -2.74. The predicted molar refractivity (Wildman–Crippen MR) is 117 cm³/mol. The van der Waals surface area contributed by atoms with Crippen molar-refractivity contribution in [3.8, 4) is 0 Å². The van der Waals surface area contributed by atoms with E-state index in [0.717, 1.165) is 22.4 Å². The van der Waals surface area contributed by atoms with E-state index in [2.05, 4.69) is 10.6 Å². The number of nitrogens with zero attached hydrogens (tertiary/aromatic N) is 1. The van der Waals surface area contributed by atoms with E-state index in [9.17, 15) is 18.8 Å². The Morgan fingerprint density at radius 3 is 2.38 bits per heavy atom. The average molecular weight is 435 g/mol. The number of halogens is 1. The monoisotopic (exact) mass is 435 g/mol. The summed E-state index contributed by atoms with van der Waals surface area (Å²) in [6.45, 7) is 7.96. The number of hydrogen-bond donors (Lipinski definition) is 2. The van der Waals surface area contributed by atoms with Crippen LogP contribution in [0.3, 0.4) is 0 Å². The van der Waals surface area contributed by atoms with Crippen molar-refractivity contribution in [2.24, 2.45) is 17.8 Å². The van der Waals surface area contributed by atoms with Crippen molar-refractivity contribution >= 4 is 23.4 Å². The summed E-state index contributed by atoms with van der Waals surface area (Å²) < 4.78 is 13.3. The molecule has 0 saturated carbocycles. The maximum Gasteiger partial charge on any atom is 0.250 e. The summed E-state index contributed by atoms with van der Waals surface area (Å²) in [4.78, 5) is 42.0. The standard InChI is InChI=1S/C25H26FN3O3/c1-12(2)20-18-19(23(31)29(22(18)30)11-15-6-8-16(26)9-7-15)25(28-20)17-10-5-13(3)14(4)21(17)27-24(25)32/h5-10,12,18-20,28H,11H2,1-4H3,(H,27,32). The lowest BCUT2D eigenvalue weighted by molar-refractivity contribution is -0.143. The summed E-state index contributed by atoms with van der Waals surface area (Å²) in [6, 6.07) is 9.28. The number of imide groups is 1. The molecule has 0 aliphatic carbocycles. The van der Waals surface area contributed by atoms with E-state index in [-0.39, 0.29) is 42.0 Å². The van der Waals surface area contributed by atoms with E-state index >= 15 is 0 Å². The van der Waals surface area contributed by atoms with Gasteiger partial charge in [-0.3, -0.25) is 24.6 Å². The van der Waals surface area contributed by atoms with Crippen molar-refractivity contribution in [3.05, 3.63) is 64.5 Å². The Hall–Kier alpha value is -3.06. The van der Waals surface area contributed by atoms with Crippen molar-refractivity contribution in [1.29, 1.82) is 0 Å². The van der Waals surface area contributed by atoms with E-state index in [4.69, 9.17) is 0 Å². The van der Waals surface area contributed by atoms with Gasteiger partial charge in [-0.1, -0.05) is 38.1 Å². The third-order valence-corrected chi connectivity index (χ3v) is 7.42. The topological polar surface area (TPSA) is 78.5 Å². The van der Waals surface area contributed by atoms with Gasteiger partial charge < -0.3 is 5.32 Å². The van der Waals surface area contributed by atoms with Crippen LogP contribution in [-0.2, 0) is 26.5 Å². The summed E-state index contributed by atoms with van der Waals surface area (Å²) in [6.07, 6.45) is 0. The Morgan fingerprint density at radius 2 is 1.72 bits per heavy atom. The minimum atomic E-state index is -1.28. The molecule has 0 bridgehead atoms. The Balaban J connectivity index is 1.62. The number of hydrogen-bond acceptors (Lipinski definition) is 4. The number of likely N-dealkylation sites (tertiary alicyclic amines) is 1. The van der Waals surface area contributed by atoms with Gasteiger partial charge in [0.2, 0.25) is 17.7 Å². The third-order valence-electron chi connectivity index (χ3n) is 7.42. The second kappa shape index (κ2) is 6.97. The average Bonchev–Trinajstić information content (AvgIpc) is 3.34. The molecule has 3 amide bonds. The molecule has 4 unspecified atom stereocenters. The molecule has 0 radical (unpaired) electrons. The lowest BCUT2D eigenvalue weighted by Gasteiger charge is -2.30. The fourth-order valence-electron chi connectivity index (χ4n) is 5.61. The van der Waals surface area contributed by atoms with Crippen LogP contribution in [0.15, 0.2) is 36.4 Å². The molecule has 0 aromatic heterocycles. The van der Waals surface area contributed by atoms with Gasteiger partial charge in [0, 0.05) is 17.3 Å². The van der Waals surface area contributed by atoms with Gasteiger partial charge in [-0.25, -0.2) is 4.39 Å². The first-order valence-corrected chi connectivity index (χ1v) is 11.0. The number of carbonyl (C=O) groups excluding carboxylic acids is 3. The number of rotatable bonds is 3. The lowest BCUT2D eigenvalue weighted by atomic mass is 9.75. The Kier molecular flexibility index (Phi) is 4.53. The predicted octanol–water partition coefficient (Wildman–Crippen LogP) is 3.02. The molecule has 3 heterocycles. The van der Waals surface area contributed by atoms with Crippen molar-refractivity contribution < 1.29 is 18.8 Å². The second-order valence-corrected chi connectivity index (χ2v) is 9.50. The summed E-state index contributed by atoms with van der Waals surface area (Å²) in [7, 11) is 0. The van der Waals surface area contributed by atoms with Crippen LogP contribution in [0.4, 0.5) is 10.1 Å². The van der Waals surface area contributed by atoms with Gasteiger partial charge in [0.25, 0.3) is 0 Å². The third kappa shape index (κ3) is 2.64. The fraction of sp³-hybridized carbons (Fsp3) is 0.400. The molecule has 166 valence electrons. The largest absolute Gasteiger partial charge is 0.324 e. The molecule has 7 heteroatoms. The molecule has 1 spiro atoms. The fourth-order valence-corrected chi connectivity index (χ4v) is 5.61. The van der Waals surface area contributed by atoms with Crippen LogP contribution in [-0.4, -0.2) is 28.7 Å². The van der Waals surface area contributed by atoms with Crippen LogP contribution in [0, 0.1) is 37.4 Å². The molecule has 2 saturated heterocycles. The highest BCUT2D eigenvalue weighted by Gasteiger charge is 2.70. The molecule has 2 aromatic rings. The van der Waals surface area contributed by atoms with E-state index in [1.165, 1.54) is 17.0 Å². The molecule has 32 heavy (non-hydrogen) atoms. The first-order chi connectivity index (χ1) is 15.2. The highest BCUT2D eigenvalue weighted by Crippen LogP contribution is 2.54. The van der Waals surface area contributed by atoms with Crippen LogP contribution in [0.25, 0.3) is 0 Å². The molecule has 3 aliphatic heterocycles. The smallest absolute Gasteiger partial charge is 0.250 e. The van der Waals surface area contributed by atoms with E-state index < -0.39 is 17.4 Å². The molecular weight excluding hydrogens is 409 g/mol. The molecule has 2 fully saturated rings. The highest BCUT2D eigenvalue weighted by atomic mass is 19.1. The Morgan fingerprint density at radius 1 is 1.03 bits per heavy atom. The van der Waals surface area contributed by atoms with E-state index in [1.54, 1.807) is 12.1 Å². The Labute approximate surface area is 186 Å². The SMILES string of the molecule is Cc1ccc2c(c1C)NC(=O)C21NC(C(C)C)C2C(=O)N(Cc3ccc(F)cc3)C(=O)C21. The number of benzene rings is 2. The van der Waals surface area contributed by atoms with Gasteiger partial charge >= 0.3 is 0 Å². The zero-order valence-corrected chi connectivity index (χ0v) is 18.5. The minimum Gasteiger partial charge on any atom is -0.324 e. The first-order valence-electron chi connectivity index (χ1n) is 11.0. The van der Waals surface area contributed by atoms with Crippen LogP contribution in [0.2, 0.25) is 0 Å². The summed E-state index contributed by atoms with van der Waals surface area (Å²) in [5.41, 5.74) is 2.84. The molecule has 5 rings (SSSR count). The Bertz CT molecular complexity index is 1160. The van der Waals surface area contributed by atoms with Gasteiger partial charge in [0.1, 0.15) is 11.4 Å². The van der Waals surface area contributed by atoms with Crippen LogP contribution >= 0.6 is 0 Å². The van der Waals surface area contributed by atoms with Crippen molar-refractivity contribution in [1.82, 2.24) is 10.2 Å². The second-order valence-electron chi connectivity index (χ2n) is 9.50. The van der Waals surface area contributed by atoms with Crippen molar-refractivity contribution in [2.75, 3.05) is 5.32 Å². The first kappa shape index (κ1) is 20.8. The van der Waals surface area contributed by atoms with Crippen molar-refractivity contribution in [2.45, 2.75) is 45.8 Å². The van der Waals surface area contributed by atoms with Gasteiger partial charge in [-0.2, -0.15) is 0 Å². The number of carbonyl (C=O) groups is 3. The summed E-state index contributed by atoms with van der Waals surface area (Å²) >= 11 is 0. The normalized spacial score (nSPS) is 28.6. The number of fused-ring (bicyclic) bond motifs is 4. The van der Waals surface area contributed by atoms with Gasteiger partial charge in [-0.05, 0) is 48.6 Å². The molecule has 3 aliphatic rings. The molecule has 6 nitrogen and oxygen atoms in total. The number of aryl methyl sites for hydroxylation is 1. The van der Waals surface area contributed by atoms with E-state index in [1.807, 2.05) is 39.8 Å². The zero-order chi connectivity index (χ0) is 22.9. The van der Waals surface area contributed by atoms with Crippen molar-refractivity contribution in [3.63, 3.8) is 0 Å². The van der Waals surface area contributed by atoms with E-state index in [0.29, 0.717) is 5.56 Å². The number of amides is 3. The molecular formula is C25H26FN3O3.